The van der Waals surface area contributed by atoms with Gasteiger partial charge in [0.25, 0.3) is 0 Å². The van der Waals surface area contributed by atoms with E-state index in [4.69, 9.17) is 0 Å². The van der Waals surface area contributed by atoms with Gasteiger partial charge >= 0.3 is 6.18 Å². The van der Waals surface area contributed by atoms with Crippen LogP contribution in [0.15, 0.2) is 30.3 Å². The minimum absolute atomic E-state index is 0.141. The summed E-state index contributed by atoms with van der Waals surface area (Å²) in [4.78, 5) is 11.8. The number of aromatic amines is 1. The molecular weight excluding hydrogens is 283 g/mol. The van der Waals surface area contributed by atoms with Crippen molar-refractivity contribution in [2.24, 2.45) is 0 Å². The molecule has 0 aliphatic carbocycles. The molecule has 4 nitrogen and oxygen atoms in total. The summed E-state index contributed by atoms with van der Waals surface area (Å²) in [5.41, 5.74) is 0.402. The summed E-state index contributed by atoms with van der Waals surface area (Å²) in [5, 5.41) is 9.17. The van der Waals surface area contributed by atoms with E-state index in [1.807, 2.05) is 6.92 Å². The topological polar surface area (TPSA) is 57.8 Å². The lowest BCUT2D eigenvalue weighted by Crippen LogP contribution is -2.15. The monoisotopic (exact) mass is 297 g/mol. The fourth-order valence-electron chi connectivity index (χ4n) is 1.84. The van der Waals surface area contributed by atoms with Crippen LogP contribution in [-0.2, 0) is 23.8 Å². The molecule has 0 aliphatic rings. The summed E-state index contributed by atoms with van der Waals surface area (Å²) in [6, 6.07) is 6.40. The Balaban J connectivity index is 2.02. The van der Waals surface area contributed by atoms with Crippen LogP contribution in [0.3, 0.4) is 0 Å². The number of aryl methyl sites for hydroxylation is 1. The van der Waals surface area contributed by atoms with E-state index in [2.05, 4.69) is 15.5 Å². The van der Waals surface area contributed by atoms with Crippen molar-refractivity contribution in [1.29, 1.82) is 0 Å². The number of carbonyl (C=O) groups excluding carboxylic acids is 1. The molecule has 7 heteroatoms. The van der Waals surface area contributed by atoms with Gasteiger partial charge in [-0.25, -0.2) is 0 Å². The van der Waals surface area contributed by atoms with Crippen molar-refractivity contribution in [3.8, 4) is 0 Å². The first-order chi connectivity index (χ1) is 9.88. The number of nitrogens with zero attached hydrogens (tertiary/aromatic N) is 1. The highest BCUT2D eigenvalue weighted by Crippen LogP contribution is 2.29. The minimum Gasteiger partial charge on any atom is -0.309 e. The van der Waals surface area contributed by atoms with Crippen LogP contribution in [0, 0.1) is 0 Å². The molecule has 2 N–H and O–H groups in total. The lowest BCUT2D eigenvalue weighted by Gasteiger charge is -2.08. The first kappa shape index (κ1) is 15.1. The van der Waals surface area contributed by atoms with Gasteiger partial charge in [0.2, 0.25) is 5.91 Å². The van der Waals surface area contributed by atoms with Crippen molar-refractivity contribution < 1.29 is 18.0 Å². The second-order valence-electron chi connectivity index (χ2n) is 4.56. The highest BCUT2D eigenvalue weighted by atomic mass is 19.4. The van der Waals surface area contributed by atoms with Gasteiger partial charge in [0.05, 0.1) is 12.0 Å². The predicted molar refractivity (Wildman–Crippen MR) is 71.7 cm³/mol. The number of carbonyl (C=O) groups is 1. The van der Waals surface area contributed by atoms with Crippen LogP contribution in [0.5, 0.6) is 0 Å². The van der Waals surface area contributed by atoms with Gasteiger partial charge in [-0.2, -0.15) is 18.3 Å². The first-order valence-corrected chi connectivity index (χ1v) is 6.38. The van der Waals surface area contributed by atoms with Crippen LogP contribution < -0.4 is 5.32 Å². The number of benzene rings is 1. The molecule has 21 heavy (non-hydrogen) atoms. The zero-order valence-electron chi connectivity index (χ0n) is 11.3. The Bertz CT molecular complexity index is 634. The van der Waals surface area contributed by atoms with Gasteiger partial charge < -0.3 is 5.32 Å². The Morgan fingerprint density at radius 2 is 2.10 bits per heavy atom. The summed E-state index contributed by atoms with van der Waals surface area (Å²) in [6.45, 7) is 1.93. The van der Waals surface area contributed by atoms with Crippen molar-refractivity contribution in [2.75, 3.05) is 5.32 Å². The number of anilines is 1. The molecule has 1 aromatic heterocycles. The standard InChI is InChI=1S/C14H14F3N3O/c1-2-11-8-12(20-19-11)18-13(21)7-9-4-3-5-10(6-9)14(15,16)17/h3-6,8H,2,7H2,1H3,(H2,18,19,20,21). The Kier molecular flexibility index (Phi) is 4.30. The molecule has 112 valence electrons. The van der Waals surface area contributed by atoms with E-state index in [9.17, 15) is 18.0 Å². The maximum absolute atomic E-state index is 12.6. The quantitative estimate of drug-likeness (QED) is 0.910. The molecule has 0 saturated carbocycles. The van der Waals surface area contributed by atoms with Gasteiger partial charge in [0.15, 0.2) is 5.82 Å². The van der Waals surface area contributed by atoms with Gasteiger partial charge in [0, 0.05) is 11.8 Å². The number of nitrogens with one attached hydrogen (secondary N) is 2. The van der Waals surface area contributed by atoms with Gasteiger partial charge in [-0.15, -0.1) is 0 Å². The smallest absolute Gasteiger partial charge is 0.309 e. The molecule has 1 heterocycles. The van der Waals surface area contributed by atoms with Gasteiger partial charge in [-0.3, -0.25) is 9.89 Å². The third-order valence-electron chi connectivity index (χ3n) is 2.90. The zero-order chi connectivity index (χ0) is 15.5. The summed E-state index contributed by atoms with van der Waals surface area (Å²) in [6.07, 6.45) is -3.81. The Labute approximate surface area is 119 Å². The van der Waals surface area contributed by atoms with Crippen molar-refractivity contribution in [3.05, 3.63) is 47.2 Å². The third-order valence-corrected chi connectivity index (χ3v) is 2.90. The number of hydrogen-bond acceptors (Lipinski definition) is 2. The van der Waals surface area contributed by atoms with E-state index in [-0.39, 0.29) is 6.42 Å². The number of halogens is 3. The Hall–Kier alpha value is -2.31. The summed E-state index contributed by atoms with van der Waals surface area (Å²) in [7, 11) is 0. The van der Waals surface area contributed by atoms with Crippen molar-refractivity contribution >= 4 is 11.7 Å². The van der Waals surface area contributed by atoms with Gasteiger partial charge in [0.1, 0.15) is 0 Å². The average Bonchev–Trinajstić information content (AvgIpc) is 2.85. The number of H-pyrrole nitrogens is 1. The highest BCUT2D eigenvalue weighted by Gasteiger charge is 2.30. The Morgan fingerprint density at radius 3 is 2.71 bits per heavy atom. The van der Waals surface area contributed by atoms with Crippen molar-refractivity contribution in [1.82, 2.24) is 10.2 Å². The van der Waals surface area contributed by atoms with E-state index in [1.165, 1.54) is 12.1 Å². The molecule has 0 unspecified atom stereocenters. The molecule has 0 aliphatic heterocycles. The fraction of sp³-hybridized carbons (Fsp3) is 0.286. The van der Waals surface area contributed by atoms with Crippen molar-refractivity contribution in [2.45, 2.75) is 25.9 Å². The molecule has 0 bridgehead atoms. The molecule has 2 rings (SSSR count). The van der Waals surface area contributed by atoms with Gasteiger partial charge in [-0.1, -0.05) is 25.1 Å². The molecule has 2 aromatic rings. The molecule has 0 atom stereocenters. The van der Waals surface area contributed by atoms with Crippen molar-refractivity contribution in [3.63, 3.8) is 0 Å². The molecule has 0 saturated heterocycles. The minimum atomic E-state index is -4.41. The molecule has 0 spiro atoms. The average molecular weight is 297 g/mol. The highest BCUT2D eigenvalue weighted by molar-refractivity contribution is 5.91. The normalized spacial score (nSPS) is 11.4. The summed E-state index contributed by atoms with van der Waals surface area (Å²) in [5.74, 6) is -0.0488. The number of aromatic nitrogens is 2. The zero-order valence-corrected chi connectivity index (χ0v) is 11.3. The Morgan fingerprint density at radius 1 is 1.33 bits per heavy atom. The second-order valence-corrected chi connectivity index (χ2v) is 4.56. The third kappa shape index (κ3) is 4.08. The molecular formula is C14H14F3N3O. The van der Waals surface area contributed by atoms with Gasteiger partial charge in [-0.05, 0) is 18.1 Å². The largest absolute Gasteiger partial charge is 0.416 e. The lowest BCUT2D eigenvalue weighted by atomic mass is 10.1. The van der Waals surface area contributed by atoms with E-state index >= 15 is 0 Å². The van der Waals surface area contributed by atoms with E-state index in [1.54, 1.807) is 6.07 Å². The van der Waals surface area contributed by atoms with Crippen LogP contribution in [0.25, 0.3) is 0 Å². The maximum Gasteiger partial charge on any atom is 0.416 e. The second kappa shape index (κ2) is 5.99. The summed E-state index contributed by atoms with van der Waals surface area (Å²) >= 11 is 0. The van der Waals surface area contributed by atoms with E-state index in [0.29, 0.717) is 11.4 Å². The molecule has 0 fully saturated rings. The molecule has 1 amide bonds. The number of alkyl halides is 3. The SMILES string of the molecule is CCc1cc(NC(=O)Cc2cccc(C(F)(F)F)c2)n[nH]1. The van der Waals surface area contributed by atoms with Crippen LogP contribution in [0.1, 0.15) is 23.7 Å². The molecule has 0 radical (unpaired) electrons. The van der Waals surface area contributed by atoms with E-state index in [0.717, 1.165) is 24.2 Å². The number of rotatable bonds is 4. The maximum atomic E-state index is 12.6. The first-order valence-electron chi connectivity index (χ1n) is 6.38. The van der Waals surface area contributed by atoms with Crippen LogP contribution >= 0.6 is 0 Å². The van der Waals surface area contributed by atoms with Crippen LogP contribution in [0.4, 0.5) is 19.0 Å². The number of amides is 1. The van der Waals surface area contributed by atoms with Crippen LogP contribution in [-0.4, -0.2) is 16.1 Å². The van der Waals surface area contributed by atoms with Crippen LogP contribution in [0.2, 0.25) is 0 Å². The predicted octanol–water partition coefficient (Wildman–Crippen LogP) is 3.17. The van der Waals surface area contributed by atoms with E-state index < -0.39 is 17.6 Å². The molecule has 1 aromatic carbocycles. The number of hydrogen-bond donors (Lipinski definition) is 2. The summed E-state index contributed by atoms with van der Waals surface area (Å²) < 4.78 is 37.7. The fourth-order valence-corrected chi connectivity index (χ4v) is 1.84. The lowest BCUT2D eigenvalue weighted by molar-refractivity contribution is -0.137.